The molecule has 0 aliphatic carbocycles. The molecule has 1 aliphatic heterocycles. The Balaban J connectivity index is 1.56. The van der Waals surface area contributed by atoms with Crippen LogP contribution in [0.5, 0.6) is 5.75 Å². The third-order valence-electron chi connectivity index (χ3n) is 4.49. The first-order valence-electron chi connectivity index (χ1n) is 9.28. The molecule has 1 fully saturated rings. The molecule has 0 aromatic heterocycles. The molecule has 1 aliphatic rings. The van der Waals surface area contributed by atoms with Gasteiger partial charge < -0.3 is 20.1 Å². The van der Waals surface area contributed by atoms with Crippen molar-refractivity contribution in [1.82, 2.24) is 0 Å². The van der Waals surface area contributed by atoms with Crippen LogP contribution in [-0.2, 0) is 9.53 Å². The molecular weight excluding hydrogens is 398 g/mol. The molecule has 0 saturated carbocycles. The second-order valence-corrected chi connectivity index (χ2v) is 7.16. The lowest BCUT2D eigenvalue weighted by molar-refractivity contribution is -0.384. The van der Waals surface area contributed by atoms with E-state index in [-0.39, 0.29) is 22.7 Å². The zero-order chi connectivity index (χ0) is 20.8. The molecule has 8 nitrogen and oxygen atoms in total. The summed E-state index contributed by atoms with van der Waals surface area (Å²) in [5, 5.41) is 16.7. The minimum Gasteiger partial charge on any atom is -0.491 e. The second-order valence-electron chi connectivity index (χ2n) is 6.75. The van der Waals surface area contributed by atoms with Gasteiger partial charge in [0.15, 0.2) is 0 Å². The minimum atomic E-state index is -0.574. The van der Waals surface area contributed by atoms with E-state index in [9.17, 15) is 14.9 Å². The van der Waals surface area contributed by atoms with Gasteiger partial charge in [-0.25, -0.2) is 0 Å². The van der Waals surface area contributed by atoms with Crippen LogP contribution in [0.3, 0.4) is 0 Å². The first-order chi connectivity index (χ1) is 13.9. The highest BCUT2D eigenvalue weighted by atomic mass is 35.5. The molecule has 2 N–H and O–H groups in total. The molecule has 0 unspecified atom stereocenters. The maximum absolute atomic E-state index is 12.5. The number of nitro benzene ring substituents is 1. The molecule has 9 heteroatoms. The standard InChI is InChI=1S/C20H22ClN3O5/c1-13(20(25)23-19-8-7-15(24(26)27)11-18(19)21)22-14-4-2-5-16(10-14)29-12-17-6-3-9-28-17/h2,4-5,7-8,10-11,13,17,22H,3,6,9,12H2,1H3,(H,23,25)/t13-,17-/m0/s1. The van der Waals surface area contributed by atoms with Crippen molar-refractivity contribution in [2.75, 3.05) is 23.8 Å². The topological polar surface area (TPSA) is 103 Å². The van der Waals surface area contributed by atoms with Gasteiger partial charge in [-0.1, -0.05) is 17.7 Å². The highest BCUT2D eigenvalue weighted by molar-refractivity contribution is 6.34. The number of carbonyl (C=O) groups excluding carboxylic acids is 1. The van der Waals surface area contributed by atoms with Crippen LogP contribution in [-0.4, -0.2) is 36.2 Å². The third kappa shape index (κ3) is 5.82. The second kappa shape index (κ2) is 9.58. The van der Waals surface area contributed by atoms with Crippen molar-refractivity contribution in [2.45, 2.75) is 31.9 Å². The van der Waals surface area contributed by atoms with E-state index in [2.05, 4.69) is 10.6 Å². The number of ether oxygens (including phenoxy) is 2. The Kier molecular flexibility index (Phi) is 6.90. The summed E-state index contributed by atoms with van der Waals surface area (Å²) in [6, 6.07) is 10.7. The van der Waals surface area contributed by atoms with E-state index < -0.39 is 11.0 Å². The van der Waals surface area contributed by atoms with Gasteiger partial charge in [-0.3, -0.25) is 14.9 Å². The van der Waals surface area contributed by atoms with Gasteiger partial charge >= 0.3 is 0 Å². The number of non-ortho nitro benzene ring substituents is 1. The minimum absolute atomic E-state index is 0.101. The number of rotatable bonds is 8. The van der Waals surface area contributed by atoms with Crippen molar-refractivity contribution in [3.05, 3.63) is 57.6 Å². The molecule has 0 spiro atoms. The molecule has 1 amide bonds. The lowest BCUT2D eigenvalue weighted by Crippen LogP contribution is -2.32. The Labute approximate surface area is 173 Å². The summed E-state index contributed by atoms with van der Waals surface area (Å²) in [7, 11) is 0. The highest BCUT2D eigenvalue weighted by Crippen LogP contribution is 2.27. The number of amides is 1. The van der Waals surface area contributed by atoms with Gasteiger partial charge in [0.1, 0.15) is 18.4 Å². The fourth-order valence-corrected chi connectivity index (χ4v) is 3.14. The highest BCUT2D eigenvalue weighted by Gasteiger charge is 2.18. The first kappa shape index (κ1) is 20.9. The Hall–Kier alpha value is -2.84. The van der Waals surface area contributed by atoms with E-state index in [1.165, 1.54) is 18.2 Å². The summed E-state index contributed by atoms with van der Waals surface area (Å²) in [6.07, 6.45) is 2.18. The lowest BCUT2D eigenvalue weighted by atomic mass is 10.2. The monoisotopic (exact) mass is 419 g/mol. The number of hydrogen-bond donors (Lipinski definition) is 2. The van der Waals surface area contributed by atoms with Crippen LogP contribution in [0.2, 0.25) is 5.02 Å². The van der Waals surface area contributed by atoms with E-state index in [0.29, 0.717) is 18.0 Å². The fourth-order valence-electron chi connectivity index (χ4n) is 2.92. The molecule has 2 aromatic rings. The van der Waals surface area contributed by atoms with E-state index in [1.54, 1.807) is 6.92 Å². The summed E-state index contributed by atoms with van der Waals surface area (Å²) in [4.78, 5) is 22.7. The van der Waals surface area contributed by atoms with Crippen LogP contribution in [0.25, 0.3) is 0 Å². The number of halogens is 1. The van der Waals surface area contributed by atoms with Gasteiger partial charge in [-0.15, -0.1) is 0 Å². The number of anilines is 2. The Morgan fingerprint density at radius 3 is 2.90 bits per heavy atom. The van der Waals surface area contributed by atoms with Gasteiger partial charge in [0.25, 0.3) is 5.69 Å². The number of nitrogens with one attached hydrogen (secondary N) is 2. The summed E-state index contributed by atoms with van der Waals surface area (Å²) in [5.74, 6) is 0.364. The smallest absolute Gasteiger partial charge is 0.271 e. The zero-order valence-electron chi connectivity index (χ0n) is 15.9. The molecule has 2 aromatic carbocycles. The number of benzene rings is 2. The molecule has 3 rings (SSSR count). The van der Waals surface area contributed by atoms with E-state index in [0.717, 1.165) is 25.1 Å². The average Bonchev–Trinajstić information content (AvgIpc) is 3.21. The maximum atomic E-state index is 12.5. The normalized spacial score (nSPS) is 16.8. The van der Waals surface area contributed by atoms with Crippen molar-refractivity contribution in [1.29, 1.82) is 0 Å². The number of nitrogens with zero attached hydrogens (tertiary/aromatic N) is 1. The van der Waals surface area contributed by atoms with Gasteiger partial charge in [-0.2, -0.15) is 0 Å². The van der Waals surface area contributed by atoms with Crippen LogP contribution in [0.1, 0.15) is 19.8 Å². The number of nitro groups is 1. The molecule has 29 heavy (non-hydrogen) atoms. The predicted octanol–water partition coefficient (Wildman–Crippen LogP) is 4.25. The van der Waals surface area contributed by atoms with E-state index >= 15 is 0 Å². The molecule has 0 radical (unpaired) electrons. The first-order valence-corrected chi connectivity index (χ1v) is 9.66. The summed E-state index contributed by atoms with van der Waals surface area (Å²) >= 11 is 6.03. The van der Waals surface area contributed by atoms with Gasteiger partial charge in [0.2, 0.25) is 5.91 Å². The predicted molar refractivity (Wildman–Crippen MR) is 111 cm³/mol. The zero-order valence-corrected chi connectivity index (χ0v) is 16.6. The van der Waals surface area contributed by atoms with Crippen molar-refractivity contribution < 1.29 is 19.2 Å². The summed E-state index contributed by atoms with van der Waals surface area (Å²) in [6.45, 7) is 2.98. The van der Waals surface area contributed by atoms with Crippen molar-refractivity contribution in [3.8, 4) is 5.75 Å². The molecule has 1 heterocycles. The molecular formula is C20H22ClN3O5. The fraction of sp³-hybridized carbons (Fsp3) is 0.350. The van der Waals surface area contributed by atoms with Crippen LogP contribution in [0.15, 0.2) is 42.5 Å². The van der Waals surface area contributed by atoms with Crippen molar-refractivity contribution in [2.24, 2.45) is 0 Å². The van der Waals surface area contributed by atoms with Crippen molar-refractivity contribution in [3.63, 3.8) is 0 Å². The Bertz CT molecular complexity index is 886. The van der Waals surface area contributed by atoms with Crippen LogP contribution in [0, 0.1) is 10.1 Å². The molecule has 2 atom stereocenters. The van der Waals surface area contributed by atoms with Gasteiger partial charge in [-0.05, 0) is 38.0 Å². The molecule has 154 valence electrons. The lowest BCUT2D eigenvalue weighted by Gasteiger charge is -2.17. The maximum Gasteiger partial charge on any atom is 0.271 e. The van der Waals surface area contributed by atoms with Crippen LogP contribution in [0.4, 0.5) is 17.1 Å². The SMILES string of the molecule is C[C@H](Nc1cccc(OC[C@@H]2CCCO2)c1)C(=O)Nc1ccc([N+](=O)[O-])cc1Cl. The average molecular weight is 420 g/mol. The Morgan fingerprint density at radius 2 is 2.21 bits per heavy atom. The summed E-state index contributed by atoms with van der Waals surface area (Å²) < 4.78 is 11.3. The largest absolute Gasteiger partial charge is 0.491 e. The van der Waals surface area contributed by atoms with E-state index in [1.807, 2.05) is 24.3 Å². The Morgan fingerprint density at radius 1 is 1.38 bits per heavy atom. The van der Waals surface area contributed by atoms with E-state index in [4.69, 9.17) is 21.1 Å². The number of hydrogen-bond acceptors (Lipinski definition) is 6. The molecule has 1 saturated heterocycles. The van der Waals surface area contributed by atoms with Crippen LogP contribution < -0.4 is 15.4 Å². The molecule has 0 bridgehead atoms. The third-order valence-corrected chi connectivity index (χ3v) is 4.80. The van der Waals surface area contributed by atoms with Gasteiger partial charge in [0.05, 0.1) is 21.7 Å². The summed E-state index contributed by atoms with van der Waals surface area (Å²) in [5.41, 5.74) is 0.899. The van der Waals surface area contributed by atoms with Crippen molar-refractivity contribution >= 4 is 34.6 Å². The number of carbonyl (C=O) groups is 1. The van der Waals surface area contributed by atoms with Crippen LogP contribution >= 0.6 is 11.6 Å². The van der Waals surface area contributed by atoms with Gasteiger partial charge in [0, 0.05) is 30.5 Å². The quantitative estimate of drug-likeness (QED) is 0.490.